The van der Waals surface area contributed by atoms with Gasteiger partial charge in [-0.05, 0) is 25.1 Å². The highest BCUT2D eigenvalue weighted by Crippen LogP contribution is 2.16. The maximum Gasteiger partial charge on any atom is 0.254 e. The first-order valence-corrected chi connectivity index (χ1v) is 8.22. The van der Waals surface area contributed by atoms with Gasteiger partial charge >= 0.3 is 0 Å². The summed E-state index contributed by atoms with van der Waals surface area (Å²) in [5.41, 5.74) is 0.853. The van der Waals surface area contributed by atoms with Crippen molar-refractivity contribution in [3.63, 3.8) is 0 Å². The van der Waals surface area contributed by atoms with Crippen molar-refractivity contribution in [2.24, 2.45) is 0 Å². The second kappa shape index (κ2) is 5.80. The minimum Gasteiger partial charge on any atom is -0.377 e. The minimum atomic E-state index is -3.35. The van der Waals surface area contributed by atoms with Crippen LogP contribution in [0.5, 0.6) is 0 Å². The molecule has 0 radical (unpaired) electrons. The van der Waals surface area contributed by atoms with Crippen LogP contribution in [0.3, 0.4) is 0 Å². The molecule has 0 spiro atoms. The molecule has 1 aromatic carbocycles. The molecule has 1 N–H and O–H groups in total. The Morgan fingerprint density at radius 2 is 2.20 bits per heavy atom. The lowest BCUT2D eigenvalue weighted by atomic mass is 10.1. The van der Waals surface area contributed by atoms with Gasteiger partial charge in [0.2, 0.25) is 10.0 Å². The number of morpholine rings is 1. The first-order chi connectivity index (χ1) is 9.37. The van der Waals surface area contributed by atoms with E-state index in [-0.39, 0.29) is 11.9 Å². The summed E-state index contributed by atoms with van der Waals surface area (Å²) >= 11 is 0. The highest BCUT2D eigenvalue weighted by molar-refractivity contribution is 7.92. The Bertz CT molecular complexity index is 600. The topological polar surface area (TPSA) is 75.7 Å². The van der Waals surface area contributed by atoms with Crippen LogP contribution >= 0.6 is 0 Å². The normalized spacial score (nSPS) is 19.7. The van der Waals surface area contributed by atoms with Crippen LogP contribution in [0.15, 0.2) is 24.3 Å². The molecule has 0 aliphatic carbocycles. The summed E-state index contributed by atoms with van der Waals surface area (Å²) < 4.78 is 30.1. The van der Waals surface area contributed by atoms with Gasteiger partial charge in [-0.2, -0.15) is 0 Å². The van der Waals surface area contributed by atoms with Crippen LogP contribution in [0.25, 0.3) is 0 Å². The van der Waals surface area contributed by atoms with Crippen molar-refractivity contribution in [2.45, 2.75) is 13.0 Å². The highest BCUT2D eigenvalue weighted by Gasteiger charge is 2.24. The first kappa shape index (κ1) is 14.8. The monoisotopic (exact) mass is 298 g/mol. The molecule has 1 amide bonds. The van der Waals surface area contributed by atoms with Gasteiger partial charge in [0.05, 0.1) is 25.5 Å². The smallest absolute Gasteiger partial charge is 0.254 e. The van der Waals surface area contributed by atoms with E-state index in [1.165, 1.54) is 0 Å². The Morgan fingerprint density at radius 1 is 1.45 bits per heavy atom. The van der Waals surface area contributed by atoms with E-state index in [9.17, 15) is 13.2 Å². The lowest BCUT2D eigenvalue weighted by Crippen LogP contribution is -2.47. The van der Waals surface area contributed by atoms with Gasteiger partial charge in [-0.3, -0.25) is 9.52 Å². The minimum absolute atomic E-state index is 0.0165. The number of carbonyl (C=O) groups excluding carboxylic acids is 1. The van der Waals surface area contributed by atoms with E-state index >= 15 is 0 Å². The summed E-state index contributed by atoms with van der Waals surface area (Å²) in [6, 6.07) is 6.51. The average Bonchev–Trinajstić information content (AvgIpc) is 2.37. The third-order valence-corrected chi connectivity index (χ3v) is 3.65. The summed E-state index contributed by atoms with van der Waals surface area (Å²) in [5.74, 6) is -0.113. The van der Waals surface area contributed by atoms with Gasteiger partial charge in [-0.1, -0.05) is 6.07 Å². The van der Waals surface area contributed by atoms with Crippen LogP contribution < -0.4 is 4.72 Å². The summed E-state index contributed by atoms with van der Waals surface area (Å²) in [5, 5.41) is 0. The van der Waals surface area contributed by atoms with Gasteiger partial charge in [0.25, 0.3) is 5.91 Å². The third kappa shape index (κ3) is 3.71. The molecule has 1 saturated heterocycles. The zero-order chi connectivity index (χ0) is 14.8. The number of carbonyl (C=O) groups is 1. The van der Waals surface area contributed by atoms with Crippen LogP contribution in [0.1, 0.15) is 17.3 Å². The molecule has 1 heterocycles. The van der Waals surface area contributed by atoms with Crippen molar-refractivity contribution >= 4 is 21.6 Å². The lowest BCUT2D eigenvalue weighted by molar-refractivity contribution is 0.00360. The number of amides is 1. The van der Waals surface area contributed by atoms with Gasteiger partial charge in [0.1, 0.15) is 0 Å². The van der Waals surface area contributed by atoms with E-state index in [1.54, 1.807) is 29.2 Å². The summed E-state index contributed by atoms with van der Waals surface area (Å²) in [4.78, 5) is 14.2. The van der Waals surface area contributed by atoms with Crippen molar-refractivity contribution in [3.05, 3.63) is 29.8 Å². The van der Waals surface area contributed by atoms with Gasteiger partial charge in [0.15, 0.2) is 0 Å². The van der Waals surface area contributed by atoms with E-state index in [0.717, 1.165) is 6.26 Å². The number of nitrogens with zero attached hydrogens (tertiary/aromatic N) is 1. The SMILES string of the molecule is CC1COCCN1C(=O)c1cccc(NS(C)(=O)=O)c1. The van der Waals surface area contributed by atoms with Crippen molar-refractivity contribution in [2.75, 3.05) is 30.7 Å². The van der Waals surface area contributed by atoms with Crippen molar-refractivity contribution in [1.82, 2.24) is 4.90 Å². The fourth-order valence-electron chi connectivity index (χ4n) is 2.12. The average molecular weight is 298 g/mol. The molecule has 0 aromatic heterocycles. The van der Waals surface area contributed by atoms with E-state index in [0.29, 0.717) is 31.0 Å². The molecule has 1 aromatic rings. The molecule has 20 heavy (non-hydrogen) atoms. The van der Waals surface area contributed by atoms with Gasteiger partial charge < -0.3 is 9.64 Å². The van der Waals surface area contributed by atoms with E-state index in [2.05, 4.69) is 4.72 Å². The standard InChI is InChI=1S/C13H18N2O4S/c1-10-9-19-7-6-15(10)13(16)11-4-3-5-12(8-11)14-20(2,17)18/h3-5,8,10,14H,6-7,9H2,1-2H3. The quantitative estimate of drug-likeness (QED) is 0.900. The number of rotatable bonds is 3. The van der Waals surface area contributed by atoms with E-state index in [1.807, 2.05) is 6.92 Å². The summed E-state index contributed by atoms with van der Waals surface area (Å²) in [6.07, 6.45) is 1.07. The Balaban J connectivity index is 2.20. The first-order valence-electron chi connectivity index (χ1n) is 6.33. The number of ether oxygens (including phenoxy) is 1. The Kier molecular flexibility index (Phi) is 4.29. The molecular weight excluding hydrogens is 280 g/mol. The Morgan fingerprint density at radius 3 is 2.85 bits per heavy atom. The zero-order valence-corrected chi connectivity index (χ0v) is 12.3. The molecule has 1 aliphatic heterocycles. The Hall–Kier alpha value is -1.60. The number of benzene rings is 1. The molecule has 0 bridgehead atoms. The maximum absolute atomic E-state index is 12.4. The Labute approximate surface area is 118 Å². The fourth-order valence-corrected chi connectivity index (χ4v) is 2.68. The molecule has 1 atom stereocenters. The molecule has 0 saturated carbocycles. The number of sulfonamides is 1. The molecule has 1 unspecified atom stereocenters. The number of hydrogen-bond acceptors (Lipinski definition) is 4. The zero-order valence-electron chi connectivity index (χ0n) is 11.5. The van der Waals surface area contributed by atoms with Gasteiger partial charge in [0, 0.05) is 17.8 Å². The highest BCUT2D eigenvalue weighted by atomic mass is 32.2. The predicted molar refractivity (Wildman–Crippen MR) is 76.2 cm³/mol. The largest absolute Gasteiger partial charge is 0.377 e. The van der Waals surface area contributed by atoms with Crippen LogP contribution in [-0.2, 0) is 14.8 Å². The van der Waals surface area contributed by atoms with Gasteiger partial charge in [-0.25, -0.2) is 8.42 Å². The van der Waals surface area contributed by atoms with Crippen molar-refractivity contribution in [3.8, 4) is 0 Å². The van der Waals surface area contributed by atoms with E-state index in [4.69, 9.17) is 4.74 Å². The molecule has 1 fully saturated rings. The van der Waals surface area contributed by atoms with Crippen LogP contribution in [0.2, 0.25) is 0 Å². The van der Waals surface area contributed by atoms with Crippen LogP contribution in [-0.4, -0.2) is 51.3 Å². The second-order valence-corrected chi connectivity index (χ2v) is 6.63. The molecule has 2 rings (SSSR count). The molecule has 110 valence electrons. The van der Waals surface area contributed by atoms with Crippen molar-refractivity contribution < 1.29 is 17.9 Å². The molecular formula is C13H18N2O4S. The van der Waals surface area contributed by atoms with Crippen LogP contribution in [0, 0.1) is 0 Å². The lowest BCUT2D eigenvalue weighted by Gasteiger charge is -2.33. The maximum atomic E-state index is 12.4. The molecule has 1 aliphatic rings. The van der Waals surface area contributed by atoms with Gasteiger partial charge in [-0.15, -0.1) is 0 Å². The van der Waals surface area contributed by atoms with Crippen LogP contribution in [0.4, 0.5) is 5.69 Å². The molecule has 6 nitrogen and oxygen atoms in total. The predicted octanol–water partition coefficient (Wildman–Crippen LogP) is 0.919. The molecule has 7 heteroatoms. The number of anilines is 1. The van der Waals surface area contributed by atoms with Crippen molar-refractivity contribution in [1.29, 1.82) is 0 Å². The number of nitrogens with one attached hydrogen (secondary N) is 1. The third-order valence-electron chi connectivity index (χ3n) is 3.04. The summed E-state index contributed by atoms with van der Waals surface area (Å²) in [7, 11) is -3.35. The second-order valence-electron chi connectivity index (χ2n) is 4.88. The fraction of sp³-hybridized carbons (Fsp3) is 0.462. The number of hydrogen-bond donors (Lipinski definition) is 1. The summed E-state index contributed by atoms with van der Waals surface area (Å²) in [6.45, 7) is 3.52. The van der Waals surface area contributed by atoms with E-state index < -0.39 is 10.0 Å².